The van der Waals surface area contributed by atoms with Gasteiger partial charge in [0.05, 0.1) is 0 Å². The van der Waals surface area contributed by atoms with Gasteiger partial charge in [0, 0.05) is 24.9 Å². The maximum absolute atomic E-state index is 12.6. The van der Waals surface area contributed by atoms with Gasteiger partial charge in [-0.05, 0) is 53.3 Å². The molecule has 0 saturated carbocycles. The molecule has 1 unspecified atom stereocenters. The number of rotatable bonds is 7. The highest BCUT2D eigenvalue weighted by atomic mass is 16.7. The molecular formula is C26H26N2O4. The average Bonchev–Trinajstić information content (AvgIpc) is 3.42. The Morgan fingerprint density at radius 2 is 1.78 bits per heavy atom. The largest absolute Gasteiger partial charge is 0.454 e. The van der Waals surface area contributed by atoms with Crippen molar-refractivity contribution >= 4 is 22.6 Å². The molecule has 2 N–H and O–H groups in total. The third kappa shape index (κ3) is 4.40. The summed E-state index contributed by atoms with van der Waals surface area (Å²) in [5.41, 5.74) is 1.75. The molecule has 6 nitrogen and oxygen atoms in total. The minimum Gasteiger partial charge on any atom is -0.454 e. The molecular weight excluding hydrogens is 404 g/mol. The smallest absolute Gasteiger partial charge is 0.231 e. The van der Waals surface area contributed by atoms with Gasteiger partial charge in [0.15, 0.2) is 11.5 Å². The molecule has 2 heterocycles. The Balaban J connectivity index is 1.21. The van der Waals surface area contributed by atoms with Crippen molar-refractivity contribution in [1.29, 1.82) is 0 Å². The molecule has 1 saturated heterocycles. The van der Waals surface area contributed by atoms with E-state index < -0.39 is 0 Å². The summed E-state index contributed by atoms with van der Waals surface area (Å²) >= 11 is 0. The van der Waals surface area contributed by atoms with Crippen molar-refractivity contribution in [3.05, 3.63) is 71.8 Å². The summed E-state index contributed by atoms with van der Waals surface area (Å²) in [5.74, 6) is 1.47. The monoisotopic (exact) mass is 430 g/mol. The van der Waals surface area contributed by atoms with E-state index in [1.165, 1.54) is 16.3 Å². The van der Waals surface area contributed by atoms with Gasteiger partial charge in [0.25, 0.3) is 0 Å². The fourth-order valence-corrected chi connectivity index (χ4v) is 4.61. The first-order chi connectivity index (χ1) is 15.6. The van der Waals surface area contributed by atoms with E-state index in [0.717, 1.165) is 24.2 Å². The Labute approximate surface area is 186 Å². The van der Waals surface area contributed by atoms with E-state index in [9.17, 15) is 9.59 Å². The summed E-state index contributed by atoms with van der Waals surface area (Å²) in [4.78, 5) is 24.7. The van der Waals surface area contributed by atoms with Crippen LogP contribution in [0.2, 0.25) is 0 Å². The first-order valence-corrected chi connectivity index (χ1v) is 11.0. The molecule has 5 rings (SSSR count). The average molecular weight is 431 g/mol. The second-order valence-electron chi connectivity index (χ2n) is 8.65. The minimum atomic E-state index is -0.379. The van der Waals surface area contributed by atoms with Crippen LogP contribution in [0.5, 0.6) is 11.5 Å². The maximum atomic E-state index is 12.6. The van der Waals surface area contributed by atoms with Gasteiger partial charge in [-0.3, -0.25) is 9.59 Å². The first-order valence-electron chi connectivity index (χ1n) is 11.0. The van der Waals surface area contributed by atoms with Crippen molar-refractivity contribution in [3.63, 3.8) is 0 Å². The van der Waals surface area contributed by atoms with Crippen LogP contribution in [0.4, 0.5) is 0 Å². The summed E-state index contributed by atoms with van der Waals surface area (Å²) < 4.78 is 10.7. The molecule has 0 bridgehead atoms. The molecule has 164 valence electrons. The van der Waals surface area contributed by atoms with Crippen molar-refractivity contribution in [2.24, 2.45) is 0 Å². The fraction of sp³-hybridized carbons (Fsp3) is 0.308. The Kier molecular flexibility index (Phi) is 5.43. The predicted molar refractivity (Wildman–Crippen MR) is 121 cm³/mol. The van der Waals surface area contributed by atoms with Crippen LogP contribution in [0.25, 0.3) is 10.8 Å². The van der Waals surface area contributed by atoms with Crippen molar-refractivity contribution in [3.8, 4) is 11.5 Å². The Morgan fingerprint density at radius 3 is 2.62 bits per heavy atom. The number of hydrogen-bond acceptors (Lipinski definition) is 4. The molecule has 6 heteroatoms. The molecule has 3 aromatic rings. The van der Waals surface area contributed by atoms with Gasteiger partial charge >= 0.3 is 0 Å². The van der Waals surface area contributed by atoms with Crippen LogP contribution in [0, 0.1) is 0 Å². The predicted octanol–water partition coefficient (Wildman–Crippen LogP) is 3.86. The lowest BCUT2D eigenvalue weighted by Gasteiger charge is -2.29. The first kappa shape index (κ1) is 20.4. The summed E-state index contributed by atoms with van der Waals surface area (Å²) in [7, 11) is 0. The highest BCUT2D eigenvalue weighted by molar-refractivity contribution is 5.83. The number of fused-ring (bicyclic) bond motifs is 2. The van der Waals surface area contributed by atoms with E-state index >= 15 is 0 Å². The van der Waals surface area contributed by atoms with E-state index in [0.29, 0.717) is 31.6 Å². The molecule has 0 radical (unpaired) electrons. The number of ether oxygens (including phenoxy) is 2. The van der Waals surface area contributed by atoms with Crippen LogP contribution in [0.1, 0.15) is 36.8 Å². The van der Waals surface area contributed by atoms with E-state index in [1.807, 2.05) is 30.3 Å². The Bertz CT molecular complexity index is 1180. The van der Waals surface area contributed by atoms with Crippen LogP contribution in [0.15, 0.2) is 60.7 Å². The summed E-state index contributed by atoms with van der Waals surface area (Å²) in [6.07, 6.45) is 2.94. The van der Waals surface area contributed by atoms with E-state index in [-0.39, 0.29) is 24.1 Å². The van der Waals surface area contributed by atoms with Gasteiger partial charge in [0.1, 0.15) is 0 Å². The normalized spacial score (nSPS) is 19.2. The van der Waals surface area contributed by atoms with Crippen LogP contribution in [0.3, 0.4) is 0 Å². The molecule has 2 aliphatic rings. The van der Waals surface area contributed by atoms with Crippen molar-refractivity contribution in [2.75, 3.05) is 6.79 Å². The lowest BCUT2D eigenvalue weighted by Crippen LogP contribution is -2.44. The van der Waals surface area contributed by atoms with E-state index in [4.69, 9.17) is 9.47 Å². The Hall–Kier alpha value is -3.54. The zero-order chi connectivity index (χ0) is 22.0. The van der Waals surface area contributed by atoms with Gasteiger partial charge in [-0.1, -0.05) is 48.5 Å². The highest BCUT2D eigenvalue weighted by Crippen LogP contribution is 2.33. The topological polar surface area (TPSA) is 76.7 Å². The van der Waals surface area contributed by atoms with Crippen LogP contribution < -0.4 is 20.1 Å². The second kappa shape index (κ2) is 8.54. The van der Waals surface area contributed by atoms with Gasteiger partial charge in [-0.2, -0.15) is 0 Å². The van der Waals surface area contributed by atoms with E-state index in [1.54, 1.807) is 0 Å². The number of nitrogens with one attached hydrogen (secondary N) is 2. The van der Waals surface area contributed by atoms with Gasteiger partial charge < -0.3 is 20.1 Å². The molecule has 2 aliphatic heterocycles. The zero-order valence-electron chi connectivity index (χ0n) is 17.9. The molecule has 1 fully saturated rings. The molecule has 0 aromatic heterocycles. The molecule has 0 spiro atoms. The molecule has 32 heavy (non-hydrogen) atoms. The number of carbonyl (C=O) groups excluding carboxylic acids is 2. The standard InChI is InChI=1S/C26H26N2O4/c29-24(27-16-19-6-8-22-23(14-19)32-17-31-22)9-11-26(12-10-25(30)28-26)15-18-5-7-20-3-1-2-4-21(20)13-18/h1-8,13-14H,9-12,15-17H2,(H,27,29)(H,28,30). The second-order valence-corrected chi connectivity index (χ2v) is 8.65. The summed E-state index contributed by atoms with van der Waals surface area (Å²) in [5, 5.41) is 8.54. The highest BCUT2D eigenvalue weighted by Gasteiger charge is 2.37. The lowest BCUT2D eigenvalue weighted by molar-refractivity contribution is -0.122. The lowest BCUT2D eigenvalue weighted by atomic mass is 9.84. The number of carbonyl (C=O) groups is 2. The van der Waals surface area contributed by atoms with Crippen LogP contribution in [-0.4, -0.2) is 24.1 Å². The number of benzene rings is 3. The van der Waals surface area contributed by atoms with Crippen molar-refractivity contribution < 1.29 is 19.1 Å². The summed E-state index contributed by atoms with van der Waals surface area (Å²) in [6, 6.07) is 20.3. The van der Waals surface area contributed by atoms with Gasteiger partial charge in [0.2, 0.25) is 18.6 Å². The number of amides is 2. The van der Waals surface area contributed by atoms with Crippen molar-refractivity contribution in [2.45, 2.75) is 44.2 Å². The zero-order valence-corrected chi connectivity index (χ0v) is 17.9. The van der Waals surface area contributed by atoms with Crippen LogP contribution in [-0.2, 0) is 22.6 Å². The molecule has 3 aromatic carbocycles. The van der Waals surface area contributed by atoms with Gasteiger partial charge in [-0.15, -0.1) is 0 Å². The molecule has 0 aliphatic carbocycles. The quantitative estimate of drug-likeness (QED) is 0.597. The van der Waals surface area contributed by atoms with E-state index in [2.05, 4.69) is 41.0 Å². The third-order valence-corrected chi connectivity index (χ3v) is 6.35. The molecule has 2 amide bonds. The number of hydrogen-bond donors (Lipinski definition) is 2. The minimum absolute atomic E-state index is 0.0262. The fourth-order valence-electron chi connectivity index (χ4n) is 4.61. The maximum Gasteiger partial charge on any atom is 0.231 e. The SMILES string of the molecule is O=C(CCC1(Cc2ccc3ccccc3c2)CCC(=O)N1)NCc1ccc2c(c1)OCO2. The summed E-state index contributed by atoms with van der Waals surface area (Å²) in [6.45, 7) is 0.662. The van der Waals surface area contributed by atoms with Gasteiger partial charge in [-0.25, -0.2) is 0 Å². The van der Waals surface area contributed by atoms with Crippen LogP contribution >= 0.6 is 0 Å². The molecule has 1 atom stereocenters. The van der Waals surface area contributed by atoms with Crippen molar-refractivity contribution in [1.82, 2.24) is 10.6 Å². The Morgan fingerprint density at radius 1 is 0.969 bits per heavy atom. The third-order valence-electron chi connectivity index (χ3n) is 6.35.